The highest BCUT2D eigenvalue weighted by Gasteiger charge is 2.04. The molecule has 2 N–H and O–H groups in total. The van der Waals surface area contributed by atoms with E-state index in [1.165, 1.54) is 16.0 Å². The van der Waals surface area contributed by atoms with Gasteiger partial charge in [-0.3, -0.25) is 0 Å². The molecule has 1 aromatic carbocycles. The van der Waals surface area contributed by atoms with E-state index in [1.807, 2.05) is 17.5 Å². The molecule has 0 aliphatic heterocycles. The molecular weight excluding hydrogens is 270 g/mol. The molecule has 108 valence electrons. The third-order valence-corrected chi connectivity index (χ3v) is 3.81. The van der Waals surface area contributed by atoms with Crippen LogP contribution in [0, 0.1) is 6.92 Å². The van der Waals surface area contributed by atoms with Crippen molar-refractivity contribution in [3.8, 4) is 0 Å². The van der Waals surface area contributed by atoms with Gasteiger partial charge in [0, 0.05) is 18.0 Å². The van der Waals surface area contributed by atoms with Crippen molar-refractivity contribution in [1.29, 1.82) is 0 Å². The van der Waals surface area contributed by atoms with E-state index in [0.29, 0.717) is 19.8 Å². The van der Waals surface area contributed by atoms with Gasteiger partial charge in [-0.25, -0.2) is 0 Å². The van der Waals surface area contributed by atoms with E-state index in [2.05, 4.69) is 36.5 Å². The number of ether oxygens (including phenoxy) is 1. The number of hydrogen-bond donors (Lipinski definition) is 2. The summed E-state index contributed by atoms with van der Waals surface area (Å²) in [5.41, 5.74) is 2.48. The summed E-state index contributed by atoms with van der Waals surface area (Å²) in [6.45, 7) is 4.32. The normalized spacial score (nSPS) is 12.5. The zero-order valence-electron chi connectivity index (χ0n) is 11.7. The van der Waals surface area contributed by atoms with E-state index in [1.54, 1.807) is 11.3 Å². The molecule has 4 heteroatoms. The Labute approximate surface area is 124 Å². The van der Waals surface area contributed by atoms with Gasteiger partial charge in [0.05, 0.1) is 19.3 Å². The third-order valence-electron chi connectivity index (χ3n) is 2.96. The van der Waals surface area contributed by atoms with Crippen LogP contribution in [-0.2, 0) is 17.9 Å². The van der Waals surface area contributed by atoms with Crippen molar-refractivity contribution >= 4 is 11.3 Å². The lowest BCUT2D eigenvalue weighted by Gasteiger charge is -2.12. The van der Waals surface area contributed by atoms with E-state index in [-0.39, 0.29) is 0 Å². The lowest BCUT2D eigenvalue weighted by molar-refractivity contribution is 0.0297. The van der Waals surface area contributed by atoms with Gasteiger partial charge < -0.3 is 15.2 Å². The Morgan fingerprint density at radius 3 is 2.75 bits per heavy atom. The molecular formula is C16H21NO2S. The number of benzene rings is 1. The van der Waals surface area contributed by atoms with Gasteiger partial charge in [-0.05, 0) is 23.9 Å². The molecule has 20 heavy (non-hydrogen) atoms. The van der Waals surface area contributed by atoms with Gasteiger partial charge in [0.2, 0.25) is 0 Å². The van der Waals surface area contributed by atoms with Gasteiger partial charge in [-0.2, -0.15) is 0 Å². The number of aryl methyl sites for hydroxylation is 1. The van der Waals surface area contributed by atoms with E-state index in [4.69, 9.17) is 4.74 Å². The molecule has 0 spiro atoms. The summed E-state index contributed by atoms with van der Waals surface area (Å²) in [7, 11) is 0. The van der Waals surface area contributed by atoms with Crippen LogP contribution in [0.3, 0.4) is 0 Å². The minimum atomic E-state index is -0.472. The molecule has 3 nitrogen and oxygen atoms in total. The summed E-state index contributed by atoms with van der Waals surface area (Å²) in [4.78, 5) is 1.19. The second-order valence-electron chi connectivity index (χ2n) is 4.86. The Kier molecular flexibility index (Phi) is 6.21. The highest BCUT2D eigenvalue weighted by molar-refractivity contribution is 7.09. The van der Waals surface area contributed by atoms with Crippen molar-refractivity contribution in [2.75, 3.05) is 13.2 Å². The first-order valence-corrected chi connectivity index (χ1v) is 7.66. The molecule has 2 aromatic rings. The fraction of sp³-hybridized carbons (Fsp3) is 0.375. The number of hydrogen-bond acceptors (Lipinski definition) is 4. The monoisotopic (exact) mass is 291 g/mol. The van der Waals surface area contributed by atoms with Crippen LogP contribution in [0.15, 0.2) is 41.8 Å². The number of aliphatic hydroxyl groups excluding tert-OH is 1. The number of aliphatic hydroxyl groups is 1. The summed E-state index contributed by atoms with van der Waals surface area (Å²) < 4.78 is 5.48. The van der Waals surface area contributed by atoms with Crippen LogP contribution in [0.25, 0.3) is 0 Å². The van der Waals surface area contributed by atoms with Crippen molar-refractivity contribution in [2.45, 2.75) is 26.2 Å². The second kappa shape index (κ2) is 8.17. The zero-order chi connectivity index (χ0) is 14.2. The summed E-state index contributed by atoms with van der Waals surface area (Å²) in [6.07, 6.45) is -0.472. The number of rotatable bonds is 8. The minimum absolute atomic E-state index is 0.360. The fourth-order valence-electron chi connectivity index (χ4n) is 1.84. The van der Waals surface area contributed by atoms with E-state index in [0.717, 1.165) is 6.54 Å². The van der Waals surface area contributed by atoms with Gasteiger partial charge in [0.1, 0.15) is 0 Å². The minimum Gasteiger partial charge on any atom is -0.389 e. The van der Waals surface area contributed by atoms with Crippen molar-refractivity contribution < 1.29 is 9.84 Å². The molecule has 0 saturated heterocycles. The van der Waals surface area contributed by atoms with Crippen LogP contribution in [0.5, 0.6) is 0 Å². The van der Waals surface area contributed by atoms with Gasteiger partial charge in [-0.15, -0.1) is 11.3 Å². The van der Waals surface area contributed by atoms with Gasteiger partial charge >= 0.3 is 0 Å². The van der Waals surface area contributed by atoms with Crippen molar-refractivity contribution in [2.24, 2.45) is 0 Å². The first-order valence-electron chi connectivity index (χ1n) is 6.78. The number of thiophene rings is 1. The Morgan fingerprint density at radius 2 is 2.05 bits per heavy atom. The molecule has 1 aromatic heterocycles. The quantitative estimate of drug-likeness (QED) is 0.786. The predicted octanol–water partition coefficient (Wildman–Crippen LogP) is 2.72. The summed E-state index contributed by atoms with van der Waals surface area (Å²) in [5, 5.41) is 15.1. The van der Waals surface area contributed by atoms with Crippen LogP contribution in [0.2, 0.25) is 0 Å². The predicted molar refractivity (Wildman–Crippen MR) is 82.9 cm³/mol. The summed E-state index contributed by atoms with van der Waals surface area (Å²) in [6, 6.07) is 12.4. The van der Waals surface area contributed by atoms with Gasteiger partial charge in [-0.1, -0.05) is 35.9 Å². The maximum absolute atomic E-state index is 9.82. The summed E-state index contributed by atoms with van der Waals surface area (Å²) in [5.74, 6) is 0. The molecule has 0 aliphatic carbocycles. The van der Waals surface area contributed by atoms with Crippen LogP contribution in [-0.4, -0.2) is 24.4 Å². The van der Waals surface area contributed by atoms with Crippen molar-refractivity contribution in [3.05, 3.63) is 57.8 Å². The van der Waals surface area contributed by atoms with Crippen LogP contribution in [0.4, 0.5) is 0 Å². The zero-order valence-corrected chi connectivity index (χ0v) is 12.5. The third kappa shape index (κ3) is 5.43. The molecule has 1 heterocycles. The SMILES string of the molecule is Cc1ccc(CNCC(O)COCc2cccs2)cc1. The van der Waals surface area contributed by atoms with Crippen LogP contribution >= 0.6 is 11.3 Å². The Hall–Kier alpha value is -1.20. The van der Waals surface area contributed by atoms with E-state index < -0.39 is 6.10 Å². The molecule has 1 atom stereocenters. The van der Waals surface area contributed by atoms with Crippen LogP contribution in [0.1, 0.15) is 16.0 Å². The standard InChI is InChI=1S/C16H21NO2S/c1-13-4-6-14(7-5-13)9-17-10-15(18)11-19-12-16-3-2-8-20-16/h2-8,15,17-18H,9-12H2,1H3. The fourth-order valence-corrected chi connectivity index (χ4v) is 2.48. The molecule has 2 rings (SSSR count). The van der Waals surface area contributed by atoms with Crippen molar-refractivity contribution in [3.63, 3.8) is 0 Å². The summed E-state index contributed by atoms with van der Waals surface area (Å²) >= 11 is 1.67. The molecule has 0 saturated carbocycles. The average Bonchev–Trinajstić information content (AvgIpc) is 2.94. The Bertz CT molecular complexity index is 482. The van der Waals surface area contributed by atoms with E-state index in [9.17, 15) is 5.11 Å². The lowest BCUT2D eigenvalue weighted by Crippen LogP contribution is -2.30. The second-order valence-corrected chi connectivity index (χ2v) is 5.90. The molecule has 0 fully saturated rings. The molecule has 0 amide bonds. The molecule has 0 bridgehead atoms. The molecule has 1 unspecified atom stereocenters. The smallest absolute Gasteiger partial charge is 0.0897 e. The number of nitrogens with one attached hydrogen (secondary N) is 1. The Morgan fingerprint density at radius 1 is 1.25 bits per heavy atom. The highest BCUT2D eigenvalue weighted by atomic mass is 32.1. The van der Waals surface area contributed by atoms with Crippen LogP contribution < -0.4 is 5.32 Å². The maximum atomic E-state index is 9.82. The highest BCUT2D eigenvalue weighted by Crippen LogP contribution is 2.09. The largest absolute Gasteiger partial charge is 0.389 e. The van der Waals surface area contributed by atoms with Gasteiger partial charge in [0.25, 0.3) is 0 Å². The molecule has 0 radical (unpaired) electrons. The Balaban J connectivity index is 1.58. The van der Waals surface area contributed by atoms with Crippen molar-refractivity contribution in [1.82, 2.24) is 5.32 Å². The average molecular weight is 291 g/mol. The van der Waals surface area contributed by atoms with E-state index >= 15 is 0 Å². The molecule has 0 aliphatic rings. The lowest BCUT2D eigenvalue weighted by atomic mass is 10.1. The first kappa shape index (κ1) is 15.2. The first-order chi connectivity index (χ1) is 9.74. The topological polar surface area (TPSA) is 41.5 Å². The van der Waals surface area contributed by atoms with Gasteiger partial charge in [0.15, 0.2) is 0 Å². The maximum Gasteiger partial charge on any atom is 0.0897 e.